The van der Waals surface area contributed by atoms with Crippen molar-refractivity contribution in [2.75, 3.05) is 0 Å². The lowest BCUT2D eigenvalue weighted by atomic mass is 10.3. The number of rotatable bonds is 1. The summed E-state index contributed by atoms with van der Waals surface area (Å²) >= 11 is 0. The minimum Gasteiger partial charge on any atom is -0.273 e. The van der Waals surface area contributed by atoms with Crippen LogP contribution in [0.5, 0.6) is 0 Å². The number of nitrogens with zero attached hydrogens (tertiary/aromatic N) is 2. The summed E-state index contributed by atoms with van der Waals surface area (Å²) in [6, 6.07) is 0. The Morgan fingerprint density at radius 1 is 1.78 bits per heavy atom. The lowest BCUT2D eigenvalue weighted by molar-refractivity contribution is -0.525. The average molecular weight is 129 g/mol. The van der Waals surface area contributed by atoms with Crippen molar-refractivity contribution in [2.45, 2.75) is 19.0 Å². The molecule has 1 heterocycles. The van der Waals surface area contributed by atoms with Gasteiger partial charge in [0.15, 0.2) is 0 Å². The van der Waals surface area contributed by atoms with Crippen molar-refractivity contribution < 1.29 is 9.72 Å². The Kier molecular flexibility index (Phi) is 1.33. The van der Waals surface area contributed by atoms with Gasteiger partial charge in [0, 0.05) is 17.8 Å². The third kappa shape index (κ3) is 1.16. The Morgan fingerprint density at radius 2 is 2.44 bits per heavy atom. The zero-order valence-electron chi connectivity index (χ0n) is 4.61. The van der Waals surface area contributed by atoms with Crippen LogP contribution in [0.25, 0.3) is 0 Å². The third-order valence-corrected chi connectivity index (χ3v) is 1.15. The van der Waals surface area contributed by atoms with Crippen LogP contribution in [-0.4, -0.2) is 17.0 Å². The molecule has 9 heavy (non-hydrogen) atoms. The normalized spacial score (nSPS) is 25.8. The molecule has 5 nitrogen and oxygen atoms in total. The largest absolute Gasteiger partial charge is 0.307 e. The van der Waals surface area contributed by atoms with E-state index in [1.165, 1.54) is 0 Å². The van der Waals surface area contributed by atoms with Crippen LogP contribution in [0.1, 0.15) is 12.8 Å². The highest BCUT2D eigenvalue weighted by molar-refractivity contribution is 5.77. The van der Waals surface area contributed by atoms with E-state index in [0.29, 0.717) is 0 Å². The summed E-state index contributed by atoms with van der Waals surface area (Å²) in [5.74, 6) is -0.350. The second kappa shape index (κ2) is 2.00. The van der Waals surface area contributed by atoms with E-state index in [-0.39, 0.29) is 18.7 Å². The smallest absolute Gasteiger partial charge is 0.273 e. The molecular weight excluding hydrogens is 124 g/mol. The van der Waals surface area contributed by atoms with E-state index < -0.39 is 11.1 Å². The Labute approximate surface area is 51.2 Å². The molecule has 1 aliphatic rings. The van der Waals surface area contributed by atoms with Crippen LogP contribution in [0.2, 0.25) is 0 Å². The summed E-state index contributed by atoms with van der Waals surface area (Å²) in [6.45, 7) is 0. The molecule has 1 atom stereocenters. The van der Waals surface area contributed by atoms with Gasteiger partial charge < -0.3 is 0 Å². The fraction of sp³-hybridized carbons (Fsp3) is 0.750. The van der Waals surface area contributed by atoms with Crippen LogP contribution in [0.15, 0.2) is 0 Å². The van der Waals surface area contributed by atoms with Gasteiger partial charge in [0.2, 0.25) is 5.91 Å². The monoisotopic (exact) mass is 129 g/mol. The number of carbonyl (C=O) groups excluding carboxylic acids is 1. The molecule has 0 bridgehead atoms. The van der Waals surface area contributed by atoms with E-state index in [2.05, 4.69) is 5.32 Å². The molecule has 0 aromatic rings. The maximum Gasteiger partial charge on any atom is 0.307 e. The zero-order chi connectivity index (χ0) is 6.85. The molecule has 1 amide bonds. The third-order valence-electron chi connectivity index (χ3n) is 1.15. The second-order valence-electron chi connectivity index (χ2n) is 1.83. The standard InChI is InChI=1S/C4H5N2O3/c7-4-2-1-3(5-4)6(8)9/h3H,1-2H2. The van der Waals surface area contributed by atoms with Gasteiger partial charge in [-0.2, -0.15) is 5.32 Å². The molecule has 1 radical (unpaired) electrons. The number of hydrogen-bond donors (Lipinski definition) is 0. The highest BCUT2D eigenvalue weighted by Gasteiger charge is 2.31. The number of hydrogen-bond acceptors (Lipinski definition) is 3. The first-order chi connectivity index (χ1) is 4.20. The van der Waals surface area contributed by atoms with E-state index in [4.69, 9.17) is 0 Å². The van der Waals surface area contributed by atoms with Gasteiger partial charge in [0.05, 0.1) is 0 Å². The molecule has 1 saturated heterocycles. The van der Waals surface area contributed by atoms with E-state index >= 15 is 0 Å². The Bertz CT molecular complexity index is 156. The van der Waals surface area contributed by atoms with E-state index in [0.717, 1.165) is 0 Å². The summed E-state index contributed by atoms with van der Waals surface area (Å²) in [4.78, 5) is 19.7. The van der Waals surface area contributed by atoms with Gasteiger partial charge in [0.25, 0.3) is 0 Å². The fourth-order valence-corrected chi connectivity index (χ4v) is 0.700. The van der Waals surface area contributed by atoms with Crippen molar-refractivity contribution in [1.82, 2.24) is 5.32 Å². The van der Waals surface area contributed by atoms with Crippen LogP contribution in [0, 0.1) is 10.1 Å². The highest BCUT2D eigenvalue weighted by Crippen LogP contribution is 2.07. The first-order valence-electron chi connectivity index (χ1n) is 2.57. The lowest BCUT2D eigenvalue weighted by Crippen LogP contribution is -2.25. The van der Waals surface area contributed by atoms with Gasteiger partial charge in [-0.1, -0.05) is 0 Å². The molecule has 0 aromatic heterocycles. The van der Waals surface area contributed by atoms with E-state index in [9.17, 15) is 14.9 Å². The van der Waals surface area contributed by atoms with E-state index in [1.54, 1.807) is 0 Å². The molecule has 1 aliphatic heterocycles. The quantitative estimate of drug-likeness (QED) is 0.354. The molecule has 0 spiro atoms. The Morgan fingerprint density at radius 3 is 2.67 bits per heavy atom. The SMILES string of the molecule is O=C1CCC([N+](=O)[O-])[N]1. The van der Waals surface area contributed by atoms with Crippen LogP contribution in [0.4, 0.5) is 0 Å². The summed E-state index contributed by atoms with van der Waals surface area (Å²) in [5.41, 5.74) is 0. The minimum absolute atomic E-state index is 0.228. The van der Waals surface area contributed by atoms with Crippen molar-refractivity contribution in [3.05, 3.63) is 10.1 Å². The molecule has 0 N–H and O–H groups in total. The van der Waals surface area contributed by atoms with Crippen LogP contribution in [0.3, 0.4) is 0 Å². The van der Waals surface area contributed by atoms with Gasteiger partial charge in [-0.3, -0.25) is 14.9 Å². The van der Waals surface area contributed by atoms with Gasteiger partial charge in [-0.05, 0) is 0 Å². The maximum atomic E-state index is 10.3. The van der Waals surface area contributed by atoms with Crippen molar-refractivity contribution in [2.24, 2.45) is 0 Å². The molecule has 0 aromatic carbocycles. The molecule has 0 saturated carbocycles. The molecule has 1 fully saturated rings. The van der Waals surface area contributed by atoms with Crippen LogP contribution in [-0.2, 0) is 4.79 Å². The summed E-state index contributed by atoms with van der Waals surface area (Å²) < 4.78 is 0. The summed E-state index contributed by atoms with van der Waals surface area (Å²) in [5, 5.41) is 13.2. The first-order valence-corrected chi connectivity index (χ1v) is 2.57. The van der Waals surface area contributed by atoms with Crippen molar-refractivity contribution in [1.29, 1.82) is 0 Å². The van der Waals surface area contributed by atoms with Gasteiger partial charge in [-0.15, -0.1) is 0 Å². The highest BCUT2D eigenvalue weighted by atomic mass is 16.6. The van der Waals surface area contributed by atoms with Crippen molar-refractivity contribution in [3.8, 4) is 0 Å². The summed E-state index contributed by atoms with van der Waals surface area (Å²) in [6.07, 6.45) is -0.463. The summed E-state index contributed by atoms with van der Waals surface area (Å²) in [7, 11) is 0. The van der Waals surface area contributed by atoms with Crippen LogP contribution >= 0.6 is 0 Å². The number of carbonyl (C=O) groups is 1. The number of amides is 1. The fourth-order valence-electron chi connectivity index (χ4n) is 0.700. The molecular formula is C4H5N2O3. The maximum absolute atomic E-state index is 10.3. The second-order valence-corrected chi connectivity index (χ2v) is 1.83. The average Bonchev–Trinajstić information content (AvgIpc) is 2.14. The minimum atomic E-state index is -0.961. The molecule has 0 aliphatic carbocycles. The predicted molar refractivity (Wildman–Crippen MR) is 27.2 cm³/mol. The topological polar surface area (TPSA) is 74.3 Å². The Hall–Kier alpha value is -1.13. The molecule has 5 heteroatoms. The molecule has 1 rings (SSSR count). The molecule has 1 unspecified atom stereocenters. The molecule has 49 valence electrons. The lowest BCUT2D eigenvalue weighted by Gasteiger charge is -1.94. The van der Waals surface area contributed by atoms with Crippen molar-refractivity contribution >= 4 is 5.91 Å². The first kappa shape index (κ1) is 6.00. The Balaban J connectivity index is 2.48. The van der Waals surface area contributed by atoms with Gasteiger partial charge >= 0.3 is 6.17 Å². The predicted octanol–water partition coefficient (Wildman–Crippen LogP) is -0.486. The van der Waals surface area contributed by atoms with Gasteiger partial charge in [-0.25, -0.2) is 0 Å². The zero-order valence-corrected chi connectivity index (χ0v) is 4.61. The number of nitro groups is 1. The van der Waals surface area contributed by atoms with Crippen LogP contribution < -0.4 is 5.32 Å². The van der Waals surface area contributed by atoms with Gasteiger partial charge in [0.1, 0.15) is 0 Å². The van der Waals surface area contributed by atoms with Crippen molar-refractivity contribution in [3.63, 3.8) is 0 Å². The van der Waals surface area contributed by atoms with E-state index in [1.807, 2.05) is 0 Å².